The van der Waals surface area contributed by atoms with Crippen LogP contribution in [0.15, 0.2) is 78.0 Å². The number of aromatic nitrogens is 3. The quantitative estimate of drug-likeness (QED) is 0.194. The van der Waals surface area contributed by atoms with Crippen molar-refractivity contribution in [3.63, 3.8) is 0 Å². The number of carbonyl (C=O) groups excluding carboxylic acids is 1. The Kier molecular flexibility index (Phi) is 7.87. The van der Waals surface area contributed by atoms with Crippen molar-refractivity contribution in [1.29, 1.82) is 0 Å². The maximum atomic E-state index is 12.7. The lowest BCUT2D eigenvalue weighted by Gasteiger charge is -2.12. The van der Waals surface area contributed by atoms with Crippen LogP contribution in [-0.4, -0.2) is 32.9 Å². The van der Waals surface area contributed by atoms with E-state index in [2.05, 4.69) is 10.2 Å². The van der Waals surface area contributed by atoms with E-state index < -0.39 is 0 Å². The van der Waals surface area contributed by atoms with Gasteiger partial charge in [0.15, 0.2) is 16.8 Å². The first-order chi connectivity index (χ1) is 16.5. The predicted molar refractivity (Wildman–Crippen MR) is 135 cm³/mol. The van der Waals surface area contributed by atoms with Gasteiger partial charge in [0, 0.05) is 16.3 Å². The van der Waals surface area contributed by atoms with E-state index in [0.29, 0.717) is 28.2 Å². The summed E-state index contributed by atoms with van der Waals surface area (Å²) in [6.07, 6.45) is 0. The normalized spacial score (nSPS) is 10.8. The van der Waals surface area contributed by atoms with E-state index in [1.165, 1.54) is 11.8 Å². The molecule has 0 amide bonds. The Bertz CT molecular complexity index is 1240. The van der Waals surface area contributed by atoms with Crippen LogP contribution in [0.4, 0.5) is 0 Å². The first kappa shape index (κ1) is 23.9. The van der Waals surface area contributed by atoms with Gasteiger partial charge in [-0.25, -0.2) is 0 Å². The summed E-state index contributed by atoms with van der Waals surface area (Å²) in [4.78, 5) is 12.7. The summed E-state index contributed by atoms with van der Waals surface area (Å²) in [7, 11) is 0. The zero-order chi connectivity index (χ0) is 23.9. The van der Waals surface area contributed by atoms with Gasteiger partial charge in [-0.1, -0.05) is 41.1 Å². The number of thioether (sulfide) groups is 1. The summed E-state index contributed by atoms with van der Waals surface area (Å²) in [5, 5.41) is 9.90. The zero-order valence-electron chi connectivity index (χ0n) is 18.9. The second kappa shape index (κ2) is 11.2. The summed E-state index contributed by atoms with van der Waals surface area (Å²) in [6.45, 7) is 4.80. The molecule has 0 N–H and O–H groups in total. The molecule has 34 heavy (non-hydrogen) atoms. The molecule has 0 aliphatic rings. The number of halogens is 1. The highest BCUT2D eigenvalue weighted by atomic mass is 35.5. The van der Waals surface area contributed by atoms with Gasteiger partial charge in [0.25, 0.3) is 0 Å². The van der Waals surface area contributed by atoms with Crippen molar-refractivity contribution < 1.29 is 14.3 Å². The Morgan fingerprint density at radius 3 is 2.24 bits per heavy atom. The van der Waals surface area contributed by atoms with Gasteiger partial charge in [0.2, 0.25) is 0 Å². The van der Waals surface area contributed by atoms with Gasteiger partial charge in [-0.3, -0.25) is 9.36 Å². The molecule has 1 aromatic heterocycles. The van der Waals surface area contributed by atoms with E-state index in [-0.39, 0.29) is 18.1 Å². The molecule has 0 unspecified atom stereocenters. The first-order valence-electron chi connectivity index (χ1n) is 10.8. The van der Waals surface area contributed by atoms with Crippen LogP contribution in [-0.2, 0) is 6.61 Å². The minimum atomic E-state index is -0.0136. The second-order valence-electron chi connectivity index (χ2n) is 7.48. The van der Waals surface area contributed by atoms with E-state index >= 15 is 0 Å². The number of Topliss-reactive ketones (excluding diaryl/α,β-unsaturated/α-hetero) is 1. The Morgan fingerprint density at radius 2 is 1.56 bits per heavy atom. The third kappa shape index (κ3) is 5.98. The number of benzene rings is 3. The molecule has 0 fully saturated rings. The van der Waals surface area contributed by atoms with Gasteiger partial charge in [-0.05, 0) is 74.5 Å². The van der Waals surface area contributed by atoms with Crippen LogP contribution in [0.2, 0.25) is 5.02 Å². The summed E-state index contributed by atoms with van der Waals surface area (Å²) >= 11 is 7.26. The van der Waals surface area contributed by atoms with Crippen LogP contribution in [0, 0.1) is 6.92 Å². The molecule has 0 bridgehead atoms. The lowest BCUT2D eigenvalue weighted by Crippen LogP contribution is -2.08. The van der Waals surface area contributed by atoms with Crippen molar-refractivity contribution in [3.05, 3.63) is 94.8 Å². The summed E-state index contributed by atoms with van der Waals surface area (Å²) < 4.78 is 13.4. The number of hydrogen-bond donors (Lipinski definition) is 0. The number of ether oxygens (including phenoxy) is 2. The molecular weight excluding hydrogens is 470 g/mol. The fourth-order valence-electron chi connectivity index (χ4n) is 3.24. The molecule has 4 aromatic rings. The molecule has 0 aliphatic heterocycles. The molecule has 174 valence electrons. The van der Waals surface area contributed by atoms with E-state index in [1.54, 1.807) is 24.3 Å². The second-order valence-corrected chi connectivity index (χ2v) is 8.86. The lowest BCUT2D eigenvalue weighted by atomic mass is 10.1. The largest absolute Gasteiger partial charge is 0.494 e. The highest BCUT2D eigenvalue weighted by molar-refractivity contribution is 7.99. The number of aryl methyl sites for hydroxylation is 1. The van der Waals surface area contributed by atoms with Gasteiger partial charge in [-0.2, -0.15) is 0 Å². The average Bonchev–Trinajstić information content (AvgIpc) is 3.26. The zero-order valence-corrected chi connectivity index (χ0v) is 20.5. The molecule has 0 spiro atoms. The standard InChI is InChI=1S/C26H24ClN3O3S/c1-3-32-22-14-10-21(11-15-22)30-25(16-33-23-12-4-18(2)5-13-23)28-29-26(30)34-17-24(31)19-6-8-20(27)9-7-19/h4-15H,3,16-17H2,1-2H3. The molecule has 0 radical (unpaired) electrons. The van der Waals surface area contributed by atoms with Crippen LogP contribution in [0.25, 0.3) is 5.69 Å². The van der Waals surface area contributed by atoms with Crippen molar-refractivity contribution in [3.8, 4) is 17.2 Å². The van der Waals surface area contributed by atoms with Gasteiger partial charge >= 0.3 is 0 Å². The minimum Gasteiger partial charge on any atom is -0.494 e. The van der Waals surface area contributed by atoms with Gasteiger partial charge in [0.1, 0.15) is 18.1 Å². The van der Waals surface area contributed by atoms with Crippen LogP contribution >= 0.6 is 23.4 Å². The van der Waals surface area contributed by atoms with Crippen molar-refractivity contribution in [2.45, 2.75) is 25.6 Å². The fraction of sp³-hybridized carbons (Fsp3) is 0.192. The highest BCUT2D eigenvalue weighted by Crippen LogP contribution is 2.26. The number of nitrogens with zero attached hydrogens (tertiary/aromatic N) is 3. The van der Waals surface area contributed by atoms with E-state index in [9.17, 15) is 4.79 Å². The molecule has 0 saturated heterocycles. The number of carbonyl (C=O) groups is 1. The van der Waals surface area contributed by atoms with Crippen LogP contribution < -0.4 is 9.47 Å². The van der Waals surface area contributed by atoms with Crippen LogP contribution in [0.5, 0.6) is 11.5 Å². The Morgan fingerprint density at radius 1 is 0.912 bits per heavy atom. The summed E-state index contributed by atoms with van der Waals surface area (Å²) in [6, 6.07) is 22.4. The molecule has 6 nitrogen and oxygen atoms in total. The molecule has 0 atom stereocenters. The third-order valence-electron chi connectivity index (χ3n) is 4.99. The highest BCUT2D eigenvalue weighted by Gasteiger charge is 2.17. The molecular formula is C26H24ClN3O3S. The van der Waals surface area contributed by atoms with Gasteiger partial charge in [-0.15, -0.1) is 10.2 Å². The predicted octanol–water partition coefficient (Wildman–Crippen LogP) is 6.18. The smallest absolute Gasteiger partial charge is 0.196 e. The first-order valence-corrected chi connectivity index (χ1v) is 12.2. The summed E-state index contributed by atoms with van der Waals surface area (Å²) in [5.41, 5.74) is 2.62. The molecule has 1 heterocycles. The Labute approximate surface area is 207 Å². The average molecular weight is 494 g/mol. The van der Waals surface area contributed by atoms with Crippen molar-refractivity contribution in [2.75, 3.05) is 12.4 Å². The maximum Gasteiger partial charge on any atom is 0.196 e. The van der Waals surface area contributed by atoms with Crippen molar-refractivity contribution in [1.82, 2.24) is 14.8 Å². The fourth-order valence-corrected chi connectivity index (χ4v) is 4.23. The lowest BCUT2D eigenvalue weighted by molar-refractivity contribution is 0.102. The monoisotopic (exact) mass is 493 g/mol. The Hall–Kier alpha value is -3.29. The number of hydrogen-bond acceptors (Lipinski definition) is 6. The minimum absolute atomic E-state index is 0.0136. The molecule has 4 rings (SSSR count). The van der Waals surface area contributed by atoms with E-state index in [0.717, 1.165) is 22.7 Å². The van der Waals surface area contributed by atoms with Crippen molar-refractivity contribution >= 4 is 29.1 Å². The van der Waals surface area contributed by atoms with Crippen LogP contribution in [0.1, 0.15) is 28.7 Å². The maximum absolute atomic E-state index is 12.7. The molecule has 3 aromatic carbocycles. The van der Waals surface area contributed by atoms with Crippen LogP contribution in [0.3, 0.4) is 0 Å². The molecule has 8 heteroatoms. The molecule has 0 saturated carbocycles. The topological polar surface area (TPSA) is 66.2 Å². The van der Waals surface area contributed by atoms with Gasteiger partial charge in [0.05, 0.1) is 12.4 Å². The van der Waals surface area contributed by atoms with Gasteiger partial charge < -0.3 is 9.47 Å². The third-order valence-corrected chi connectivity index (χ3v) is 6.17. The van der Waals surface area contributed by atoms with Crippen molar-refractivity contribution in [2.24, 2.45) is 0 Å². The number of rotatable bonds is 10. The van der Waals surface area contributed by atoms with E-state index in [1.807, 2.05) is 66.9 Å². The van der Waals surface area contributed by atoms with E-state index in [4.69, 9.17) is 21.1 Å². The SMILES string of the molecule is CCOc1ccc(-n2c(COc3ccc(C)cc3)nnc2SCC(=O)c2ccc(Cl)cc2)cc1. The molecule has 0 aliphatic carbocycles. The number of ketones is 1. The Balaban J connectivity index is 1.56. The summed E-state index contributed by atoms with van der Waals surface area (Å²) in [5.74, 6) is 2.37.